The third-order valence-corrected chi connectivity index (χ3v) is 6.41. The number of carbonyl (C=O) groups excluding carboxylic acids is 1. The molecule has 2 aliphatic rings. The standard InChI is InChI=1S/C26H30O4/c1-16-23(27)13-11-22(19-8-10-21-18(14-19)9-12-24(21)28)25(16)29-15-26(3,4)17(2)30-20-6-5-7-20/h8,10-11,13-14,20,27H,2,5-7,9,12,15H2,1,3-4H3. The van der Waals surface area contributed by atoms with Crippen LogP contribution >= 0.6 is 0 Å². The molecular weight excluding hydrogens is 376 g/mol. The Bertz CT molecular complexity index is 998. The van der Waals surface area contributed by atoms with Gasteiger partial charge in [0.25, 0.3) is 0 Å². The highest BCUT2D eigenvalue weighted by atomic mass is 16.5. The van der Waals surface area contributed by atoms with E-state index < -0.39 is 0 Å². The lowest BCUT2D eigenvalue weighted by molar-refractivity contribution is 0.0114. The topological polar surface area (TPSA) is 55.8 Å². The molecule has 4 rings (SSSR count). The van der Waals surface area contributed by atoms with Gasteiger partial charge in [0.05, 0.1) is 17.3 Å². The van der Waals surface area contributed by atoms with Gasteiger partial charge in [-0.2, -0.15) is 0 Å². The van der Waals surface area contributed by atoms with E-state index in [2.05, 4.69) is 26.5 Å². The summed E-state index contributed by atoms with van der Waals surface area (Å²) < 4.78 is 12.3. The van der Waals surface area contributed by atoms with Crippen molar-refractivity contribution < 1.29 is 19.4 Å². The number of phenolic OH excluding ortho intramolecular Hbond substituents is 1. The number of hydrogen-bond donors (Lipinski definition) is 1. The van der Waals surface area contributed by atoms with Gasteiger partial charge in [0.1, 0.15) is 18.1 Å². The fraction of sp³-hybridized carbons (Fsp3) is 0.423. The Hall–Kier alpha value is -2.75. The van der Waals surface area contributed by atoms with Crippen molar-refractivity contribution in [2.45, 2.75) is 59.0 Å². The molecule has 1 saturated carbocycles. The number of phenols is 1. The van der Waals surface area contributed by atoms with E-state index in [4.69, 9.17) is 9.47 Å². The van der Waals surface area contributed by atoms with Crippen molar-refractivity contribution in [1.82, 2.24) is 0 Å². The number of aryl methyl sites for hydroxylation is 1. The van der Waals surface area contributed by atoms with E-state index in [9.17, 15) is 9.90 Å². The van der Waals surface area contributed by atoms with Gasteiger partial charge in [-0.15, -0.1) is 0 Å². The fourth-order valence-electron chi connectivity index (χ4n) is 3.90. The van der Waals surface area contributed by atoms with Crippen LogP contribution < -0.4 is 4.74 Å². The minimum absolute atomic E-state index is 0.201. The summed E-state index contributed by atoms with van der Waals surface area (Å²) in [5, 5.41) is 10.3. The van der Waals surface area contributed by atoms with E-state index >= 15 is 0 Å². The largest absolute Gasteiger partial charge is 0.508 e. The molecule has 2 aliphatic carbocycles. The van der Waals surface area contributed by atoms with E-state index in [1.54, 1.807) is 6.07 Å². The van der Waals surface area contributed by atoms with Crippen molar-refractivity contribution in [3.05, 3.63) is 59.4 Å². The van der Waals surface area contributed by atoms with Crippen molar-refractivity contribution in [3.8, 4) is 22.6 Å². The predicted octanol–water partition coefficient (Wildman–Crippen LogP) is 5.98. The average molecular weight is 407 g/mol. The third-order valence-electron chi connectivity index (χ3n) is 6.41. The van der Waals surface area contributed by atoms with Gasteiger partial charge in [-0.25, -0.2) is 0 Å². The second kappa shape index (κ2) is 7.82. The molecule has 1 N–H and O–H groups in total. The molecule has 0 aromatic heterocycles. The van der Waals surface area contributed by atoms with Gasteiger partial charge in [-0.1, -0.05) is 24.8 Å². The van der Waals surface area contributed by atoms with Crippen LogP contribution in [0.5, 0.6) is 11.5 Å². The van der Waals surface area contributed by atoms with Gasteiger partial charge in [-0.05, 0) is 69.7 Å². The highest BCUT2D eigenvalue weighted by molar-refractivity contribution is 6.01. The van der Waals surface area contributed by atoms with Gasteiger partial charge in [0.2, 0.25) is 0 Å². The maximum atomic E-state index is 12.0. The van der Waals surface area contributed by atoms with E-state index in [0.29, 0.717) is 24.3 Å². The summed E-state index contributed by atoms with van der Waals surface area (Å²) in [6, 6.07) is 9.51. The Morgan fingerprint density at radius 2 is 1.90 bits per heavy atom. The van der Waals surface area contributed by atoms with Crippen LogP contribution in [0.2, 0.25) is 0 Å². The molecule has 0 heterocycles. The molecule has 0 radical (unpaired) electrons. The van der Waals surface area contributed by atoms with Crippen LogP contribution in [-0.2, 0) is 11.2 Å². The zero-order chi connectivity index (χ0) is 21.5. The van der Waals surface area contributed by atoms with Crippen molar-refractivity contribution in [3.63, 3.8) is 0 Å². The predicted molar refractivity (Wildman–Crippen MR) is 118 cm³/mol. The Balaban J connectivity index is 1.59. The van der Waals surface area contributed by atoms with Gasteiger partial charge in [-0.3, -0.25) is 4.79 Å². The lowest BCUT2D eigenvalue weighted by Crippen LogP contribution is -2.30. The lowest BCUT2D eigenvalue weighted by atomic mass is 9.90. The minimum Gasteiger partial charge on any atom is -0.508 e. The molecule has 2 aromatic carbocycles. The monoisotopic (exact) mass is 406 g/mol. The Morgan fingerprint density at radius 1 is 1.17 bits per heavy atom. The molecule has 4 heteroatoms. The summed E-state index contributed by atoms with van der Waals surface area (Å²) in [6.45, 7) is 10.5. The minimum atomic E-state index is -0.366. The smallest absolute Gasteiger partial charge is 0.163 e. The summed E-state index contributed by atoms with van der Waals surface area (Å²) in [5.74, 6) is 1.81. The zero-order valence-corrected chi connectivity index (χ0v) is 18.1. The van der Waals surface area contributed by atoms with Crippen LogP contribution in [0.3, 0.4) is 0 Å². The van der Waals surface area contributed by atoms with Gasteiger partial charge in [0.15, 0.2) is 5.78 Å². The summed E-state index contributed by atoms with van der Waals surface area (Å²) >= 11 is 0. The summed E-state index contributed by atoms with van der Waals surface area (Å²) in [6.07, 6.45) is 5.03. The third kappa shape index (κ3) is 3.83. The Labute approximate surface area is 178 Å². The number of benzene rings is 2. The molecule has 0 atom stereocenters. The molecule has 1 fully saturated rings. The van der Waals surface area contributed by atoms with Gasteiger partial charge < -0.3 is 14.6 Å². The van der Waals surface area contributed by atoms with E-state index in [-0.39, 0.29) is 23.1 Å². The van der Waals surface area contributed by atoms with E-state index in [0.717, 1.165) is 47.3 Å². The molecule has 0 unspecified atom stereocenters. The first-order valence-electron chi connectivity index (χ1n) is 10.7. The first kappa shape index (κ1) is 20.5. The molecular formula is C26H30O4. The fourth-order valence-corrected chi connectivity index (χ4v) is 3.90. The van der Waals surface area contributed by atoms with Crippen LogP contribution in [0.15, 0.2) is 42.7 Å². The van der Waals surface area contributed by atoms with Crippen LogP contribution in [-0.4, -0.2) is 23.6 Å². The first-order chi connectivity index (χ1) is 14.3. The summed E-state index contributed by atoms with van der Waals surface area (Å²) in [4.78, 5) is 12.0. The van der Waals surface area contributed by atoms with Crippen LogP contribution in [0.1, 0.15) is 61.0 Å². The SMILES string of the molecule is C=C(OC1CCC1)C(C)(C)COc1c(-c2ccc3c(c2)CCC3=O)ccc(O)c1C. The molecule has 2 aromatic rings. The van der Waals surface area contributed by atoms with Crippen molar-refractivity contribution in [2.75, 3.05) is 6.61 Å². The van der Waals surface area contributed by atoms with Crippen molar-refractivity contribution in [1.29, 1.82) is 0 Å². The molecule has 4 nitrogen and oxygen atoms in total. The summed E-state index contributed by atoms with van der Waals surface area (Å²) in [7, 11) is 0. The van der Waals surface area contributed by atoms with E-state index in [1.807, 2.05) is 25.1 Å². The molecule has 0 spiro atoms. The number of Topliss-reactive ketones (excluding diaryl/α,β-unsaturated/α-hetero) is 1. The van der Waals surface area contributed by atoms with Crippen molar-refractivity contribution >= 4 is 5.78 Å². The first-order valence-corrected chi connectivity index (χ1v) is 10.7. The van der Waals surface area contributed by atoms with Crippen LogP contribution in [0.25, 0.3) is 11.1 Å². The number of rotatable bonds is 7. The molecule has 158 valence electrons. The molecule has 30 heavy (non-hydrogen) atoms. The highest BCUT2D eigenvalue weighted by Crippen LogP contribution is 2.41. The second-order valence-corrected chi connectivity index (χ2v) is 9.15. The van der Waals surface area contributed by atoms with Gasteiger partial charge >= 0.3 is 0 Å². The second-order valence-electron chi connectivity index (χ2n) is 9.15. The van der Waals surface area contributed by atoms with Gasteiger partial charge in [0, 0.05) is 23.1 Å². The number of ketones is 1. The summed E-state index contributed by atoms with van der Waals surface area (Å²) in [5.41, 5.74) is 4.14. The molecule has 0 amide bonds. The molecule has 0 saturated heterocycles. The Morgan fingerprint density at radius 3 is 2.60 bits per heavy atom. The van der Waals surface area contributed by atoms with Crippen LogP contribution in [0, 0.1) is 12.3 Å². The molecule has 0 aliphatic heterocycles. The normalized spacial score (nSPS) is 16.2. The molecule has 0 bridgehead atoms. The number of fused-ring (bicyclic) bond motifs is 1. The Kier molecular flexibility index (Phi) is 5.35. The van der Waals surface area contributed by atoms with Crippen LogP contribution in [0.4, 0.5) is 0 Å². The number of carbonyl (C=O) groups is 1. The lowest BCUT2D eigenvalue weighted by Gasteiger charge is -2.34. The maximum absolute atomic E-state index is 12.0. The number of ether oxygens (including phenoxy) is 2. The highest BCUT2D eigenvalue weighted by Gasteiger charge is 2.30. The number of hydrogen-bond acceptors (Lipinski definition) is 4. The average Bonchev–Trinajstić information content (AvgIpc) is 3.05. The van der Waals surface area contributed by atoms with E-state index in [1.165, 1.54) is 6.42 Å². The van der Waals surface area contributed by atoms with Crippen molar-refractivity contribution in [2.24, 2.45) is 5.41 Å². The maximum Gasteiger partial charge on any atom is 0.163 e. The quantitative estimate of drug-likeness (QED) is 0.574. The number of aromatic hydroxyl groups is 1. The zero-order valence-electron chi connectivity index (χ0n) is 18.1.